The highest BCUT2D eigenvalue weighted by molar-refractivity contribution is 5.99. The van der Waals surface area contributed by atoms with Gasteiger partial charge in [-0.25, -0.2) is 4.79 Å². The molecule has 1 atom stereocenters. The van der Waals surface area contributed by atoms with E-state index in [0.717, 1.165) is 42.3 Å². The van der Waals surface area contributed by atoms with Crippen molar-refractivity contribution in [3.63, 3.8) is 0 Å². The number of nitrogens with zero attached hydrogens (tertiary/aromatic N) is 1. The van der Waals surface area contributed by atoms with Crippen LogP contribution in [-0.4, -0.2) is 28.9 Å². The van der Waals surface area contributed by atoms with Gasteiger partial charge in [-0.15, -0.1) is 0 Å². The molecule has 3 N–H and O–H groups in total. The van der Waals surface area contributed by atoms with Gasteiger partial charge < -0.3 is 10.1 Å². The summed E-state index contributed by atoms with van der Waals surface area (Å²) in [5, 5.41) is 13.6. The maximum Gasteiger partial charge on any atom is 0.320 e. The number of aromatic nitrogens is 2. The molecule has 28 heavy (non-hydrogen) atoms. The van der Waals surface area contributed by atoms with Gasteiger partial charge in [0.2, 0.25) is 0 Å². The molecule has 0 bridgehead atoms. The molecule has 0 saturated heterocycles. The minimum Gasteiger partial charge on any atom is -0.491 e. The molecule has 0 aliphatic rings. The quantitative estimate of drug-likeness (QED) is 0.463. The molecule has 0 saturated carbocycles. The van der Waals surface area contributed by atoms with Crippen LogP contribution in [0.25, 0.3) is 10.9 Å². The summed E-state index contributed by atoms with van der Waals surface area (Å²) in [6.07, 6.45) is 4.02. The highest BCUT2D eigenvalue weighted by Gasteiger charge is 2.11. The van der Waals surface area contributed by atoms with Crippen molar-refractivity contribution in [2.45, 2.75) is 45.6 Å². The summed E-state index contributed by atoms with van der Waals surface area (Å²) in [6, 6.07) is 15.9. The lowest BCUT2D eigenvalue weighted by Gasteiger charge is -2.14. The highest BCUT2D eigenvalue weighted by atomic mass is 16.5. The lowest BCUT2D eigenvalue weighted by Crippen LogP contribution is -2.29. The molecule has 1 heterocycles. The second-order valence-corrected chi connectivity index (χ2v) is 6.97. The van der Waals surface area contributed by atoms with Crippen LogP contribution in [0.1, 0.15) is 38.7 Å². The number of amides is 2. The number of nitrogens with one attached hydrogen (secondary N) is 3. The van der Waals surface area contributed by atoms with Gasteiger partial charge in [-0.05, 0) is 43.9 Å². The number of ether oxygens (including phenoxy) is 1. The van der Waals surface area contributed by atoms with Gasteiger partial charge in [0, 0.05) is 18.0 Å². The number of aryl methyl sites for hydroxylation is 1. The van der Waals surface area contributed by atoms with Crippen LogP contribution < -0.4 is 15.4 Å². The lowest BCUT2D eigenvalue weighted by molar-refractivity contribution is 0.211. The second-order valence-electron chi connectivity index (χ2n) is 6.97. The van der Waals surface area contributed by atoms with Gasteiger partial charge in [0.05, 0.1) is 11.6 Å². The Hall–Kier alpha value is -3.02. The third-order valence-electron chi connectivity index (χ3n) is 4.60. The zero-order chi connectivity index (χ0) is 19.8. The van der Waals surface area contributed by atoms with Gasteiger partial charge >= 0.3 is 6.03 Å². The maximum atomic E-state index is 11.9. The van der Waals surface area contributed by atoms with Crippen molar-refractivity contribution < 1.29 is 9.53 Å². The first kappa shape index (κ1) is 19.7. The number of urea groups is 1. The van der Waals surface area contributed by atoms with E-state index in [0.29, 0.717) is 12.4 Å². The largest absolute Gasteiger partial charge is 0.491 e. The number of carbonyl (C=O) groups excluding carboxylic acids is 1. The number of unbranched alkanes of at least 4 members (excludes halogenated alkanes) is 1. The fourth-order valence-electron chi connectivity index (χ4n) is 3.00. The fourth-order valence-corrected chi connectivity index (χ4v) is 3.00. The normalized spacial score (nSPS) is 11.9. The predicted octanol–water partition coefficient (Wildman–Crippen LogP) is 4.88. The van der Waals surface area contributed by atoms with E-state index in [-0.39, 0.29) is 12.1 Å². The minimum atomic E-state index is -0.239. The van der Waals surface area contributed by atoms with Crippen LogP contribution in [0.15, 0.2) is 48.5 Å². The van der Waals surface area contributed by atoms with Gasteiger partial charge in [-0.2, -0.15) is 5.10 Å². The number of hydrogen-bond donors (Lipinski definition) is 3. The van der Waals surface area contributed by atoms with Gasteiger partial charge in [-0.1, -0.05) is 43.7 Å². The topological polar surface area (TPSA) is 79.0 Å². The molecule has 6 nitrogen and oxygen atoms in total. The van der Waals surface area contributed by atoms with Gasteiger partial charge in [0.15, 0.2) is 5.82 Å². The number of anilines is 1. The summed E-state index contributed by atoms with van der Waals surface area (Å²) in [6.45, 7) is 4.82. The van der Waals surface area contributed by atoms with Crippen LogP contribution in [-0.2, 0) is 6.42 Å². The minimum absolute atomic E-state index is 0.0996. The third-order valence-corrected chi connectivity index (χ3v) is 4.60. The first-order chi connectivity index (χ1) is 13.7. The first-order valence-electron chi connectivity index (χ1n) is 9.89. The van der Waals surface area contributed by atoms with E-state index in [4.69, 9.17) is 4.74 Å². The molecular weight excluding hydrogens is 352 g/mol. The molecule has 0 aliphatic carbocycles. The number of hydrogen-bond acceptors (Lipinski definition) is 3. The van der Waals surface area contributed by atoms with E-state index in [1.54, 1.807) is 0 Å². The van der Waals surface area contributed by atoms with E-state index >= 15 is 0 Å². The van der Waals surface area contributed by atoms with Crippen LogP contribution in [0.2, 0.25) is 0 Å². The van der Waals surface area contributed by atoms with Crippen LogP contribution in [0.5, 0.6) is 5.75 Å². The summed E-state index contributed by atoms with van der Waals surface area (Å²) in [5.41, 5.74) is 2.14. The SMILES string of the molecule is CCCCNC(=O)Nc1n[nH]c2cc(OC(C)CCc3ccccc3)ccc12. The summed E-state index contributed by atoms with van der Waals surface area (Å²) < 4.78 is 6.05. The van der Waals surface area contributed by atoms with Gasteiger partial charge in [0.1, 0.15) is 5.75 Å². The fraction of sp³-hybridized carbons (Fsp3) is 0.364. The number of H-pyrrole nitrogens is 1. The van der Waals surface area contributed by atoms with Crippen LogP contribution in [0, 0.1) is 0 Å². The molecule has 0 fully saturated rings. The zero-order valence-electron chi connectivity index (χ0n) is 16.5. The van der Waals surface area contributed by atoms with Crippen molar-refractivity contribution in [1.82, 2.24) is 15.5 Å². The summed E-state index contributed by atoms with van der Waals surface area (Å²) in [7, 11) is 0. The highest BCUT2D eigenvalue weighted by Crippen LogP contribution is 2.25. The van der Waals surface area contributed by atoms with Crippen LogP contribution >= 0.6 is 0 Å². The zero-order valence-corrected chi connectivity index (χ0v) is 16.5. The molecule has 148 valence electrons. The van der Waals surface area contributed by atoms with Crippen LogP contribution in [0.4, 0.5) is 10.6 Å². The Morgan fingerprint density at radius 1 is 1.21 bits per heavy atom. The Morgan fingerprint density at radius 3 is 2.82 bits per heavy atom. The Balaban J connectivity index is 1.56. The van der Waals surface area contributed by atoms with Crippen molar-refractivity contribution in [3.05, 3.63) is 54.1 Å². The summed E-state index contributed by atoms with van der Waals surface area (Å²) in [4.78, 5) is 11.9. The van der Waals surface area contributed by atoms with Crippen molar-refractivity contribution in [3.8, 4) is 5.75 Å². The predicted molar refractivity (Wildman–Crippen MR) is 113 cm³/mol. The smallest absolute Gasteiger partial charge is 0.320 e. The number of benzene rings is 2. The lowest BCUT2D eigenvalue weighted by atomic mass is 10.1. The maximum absolute atomic E-state index is 11.9. The molecule has 3 aromatic rings. The Labute approximate surface area is 165 Å². The van der Waals surface area contributed by atoms with Crippen molar-refractivity contribution >= 4 is 22.8 Å². The van der Waals surface area contributed by atoms with Crippen molar-refractivity contribution in [1.29, 1.82) is 0 Å². The Morgan fingerprint density at radius 2 is 2.04 bits per heavy atom. The van der Waals surface area contributed by atoms with E-state index in [2.05, 4.69) is 58.9 Å². The van der Waals surface area contributed by atoms with Gasteiger partial charge in [0.25, 0.3) is 0 Å². The van der Waals surface area contributed by atoms with Crippen molar-refractivity contribution in [2.75, 3.05) is 11.9 Å². The Bertz CT molecular complexity index is 892. The van der Waals surface area contributed by atoms with E-state index in [9.17, 15) is 4.79 Å². The molecule has 1 aromatic heterocycles. The molecule has 0 spiro atoms. The summed E-state index contributed by atoms with van der Waals surface area (Å²) >= 11 is 0. The number of rotatable bonds is 9. The third kappa shape index (κ3) is 5.49. The summed E-state index contributed by atoms with van der Waals surface area (Å²) in [5.74, 6) is 1.31. The van der Waals surface area contributed by atoms with E-state index in [1.165, 1.54) is 5.56 Å². The Kier molecular flexibility index (Phi) is 6.89. The molecular formula is C22H28N4O2. The number of aromatic amines is 1. The van der Waals surface area contributed by atoms with E-state index in [1.807, 2.05) is 24.3 Å². The number of fused-ring (bicyclic) bond motifs is 1. The van der Waals surface area contributed by atoms with E-state index < -0.39 is 0 Å². The molecule has 0 aliphatic heterocycles. The molecule has 3 rings (SSSR count). The monoisotopic (exact) mass is 380 g/mol. The average Bonchev–Trinajstić information content (AvgIpc) is 3.09. The standard InChI is InChI=1S/C22H28N4O2/c1-3-4-14-23-22(27)24-21-19-13-12-18(15-20(19)25-26-21)28-16(2)10-11-17-8-6-5-7-9-17/h5-9,12-13,15-16H,3-4,10-11,14H2,1-2H3,(H3,23,24,25,26,27). The average molecular weight is 380 g/mol. The molecule has 0 radical (unpaired) electrons. The molecule has 2 aromatic carbocycles. The molecule has 2 amide bonds. The van der Waals surface area contributed by atoms with Crippen LogP contribution in [0.3, 0.4) is 0 Å². The second kappa shape index (κ2) is 9.78. The first-order valence-corrected chi connectivity index (χ1v) is 9.89. The van der Waals surface area contributed by atoms with Gasteiger partial charge in [-0.3, -0.25) is 10.4 Å². The number of carbonyl (C=O) groups is 1. The molecule has 6 heteroatoms. The molecule has 1 unspecified atom stereocenters. The van der Waals surface area contributed by atoms with Crippen molar-refractivity contribution in [2.24, 2.45) is 0 Å².